The number of carbonyl (C=O) groups excluding carboxylic acids is 3. The topological polar surface area (TPSA) is 137 Å². The quantitative estimate of drug-likeness (QED) is 0.151. The molecule has 0 radical (unpaired) electrons. The molecule has 1 aliphatic heterocycles. The molecule has 2 amide bonds. The molecule has 0 aromatic heterocycles. The Morgan fingerprint density at radius 3 is 2.11 bits per heavy atom. The summed E-state index contributed by atoms with van der Waals surface area (Å²) in [6.07, 6.45) is 3.10. The fourth-order valence-corrected chi connectivity index (χ4v) is 6.24. The van der Waals surface area contributed by atoms with Gasteiger partial charge in [-0.15, -0.1) is 8.86 Å². The van der Waals surface area contributed by atoms with E-state index in [9.17, 15) is 9.59 Å². The van der Waals surface area contributed by atoms with Crippen molar-refractivity contribution in [1.82, 2.24) is 9.80 Å². The van der Waals surface area contributed by atoms with E-state index < -0.39 is 0 Å². The molecule has 0 bridgehead atoms. The number of likely N-dealkylation sites (tertiary alicyclic amines) is 1. The van der Waals surface area contributed by atoms with Crippen molar-refractivity contribution in [1.29, 1.82) is 0 Å². The average molecular weight is 667 g/mol. The molecule has 7 atom stereocenters. The van der Waals surface area contributed by atoms with Crippen molar-refractivity contribution < 1.29 is 28.6 Å². The lowest BCUT2D eigenvalue weighted by molar-refractivity contribution is -0.151. The number of amides is 2. The van der Waals surface area contributed by atoms with Crippen LogP contribution < -0.4 is 11.5 Å². The molecular weight excluding hydrogens is 603 g/mol. The van der Waals surface area contributed by atoms with Gasteiger partial charge in [0.05, 0.1) is 37.7 Å². The highest BCUT2D eigenvalue weighted by atomic mass is 31.0. The van der Waals surface area contributed by atoms with Crippen LogP contribution in [0.5, 0.6) is 0 Å². The van der Waals surface area contributed by atoms with Gasteiger partial charge in [0, 0.05) is 38.8 Å². The second kappa shape index (κ2) is 23.9. The minimum atomic E-state index is -0.390. The van der Waals surface area contributed by atoms with E-state index >= 15 is 0 Å². The molecule has 1 aliphatic rings. The summed E-state index contributed by atoms with van der Waals surface area (Å²) >= 11 is 0. The highest BCUT2D eigenvalue weighted by Crippen LogP contribution is 2.33. The Labute approximate surface area is 281 Å². The second-order valence-corrected chi connectivity index (χ2v) is 13.2. The van der Waals surface area contributed by atoms with Crippen molar-refractivity contribution in [2.45, 2.75) is 97.9 Å². The first-order chi connectivity index (χ1) is 21.8. The predicted octanol–water partition coefficient (Wildman–Crippen LogP) is 4.41. The fourth-order valence-electron chi connectivity index (χ4n) is 6.09. The monoisotopic (exact) mass is 666 g/mol. The number of benzene rings is 1. The molecule has 1 heterocycles. The lowest BCUT2D eigenvalue weighted by Crippen LogP contribution is -2.53. The van der Waals surface area contributed by atoms with E-state index in [0.717, 1.165) is 36.2 Å². The van der Waals surface area contributed by atoms with Gasteiger partial charge in [-0.2, -0.15) is 0 Å². The average Bonchev–Trinajstić information content (AvgIpc) is 3.52. The van der Waals surface area contributed by atoms with Gasteiger partial charge in [-0.3, -0.25) is 19.3 Å². The van der Waals surface area contributed by atoms with Crippen LogP contribution in [0.25, 0.3) is 0 Å². The summed E-state index contributed by atoms with van der Waals surface area (Å²) in [5.41, 5.74) is 12.0. The first kappa shape index (κ1) is 43.6. The molecule has 1 fully saturated rings. The third kappa shape index (κ3) is 14.2. The molecule has 0 saturated carbocycles. The zero-order valence-corrected chi connectivity index (χ0v) is 31.0. The molecule has 1 aromatic carbocycles. The van der Waals surface area contributed by atoms with Crippen molar-refractivity contribution >= 4 is 32.6 Å². The molecule has 11 heteroatoms. The van der Waals surface area contributed by atoms with Crippen LogP contribution >= 0.6 is 8.86 Å². The Kier molecular flexibility index (Phi) is 22.7. The van der Waals surface area contributed by atoms with E-state index in [-0.39, 0.29) is 66.8 Å². The van der Waals surface area contributed by atoms with Crippen molar-refractivity contribution in [3.8, 4) is 0 Å². The highest BCUT2D eigenvalue weighted by molar-refractivity contribution is 7.21. The van der Waals surface area contributed by atoms with E-state index in [1.807, 2.05) is 49.2 Å². The van der Waals surface area contributed by atoms with E-state index in [1.54, 1.807) is 14.2 Å². The van der Waals surface area contributed by atoms with Gasteiger partial charge in [-0.25, -0.2) is 0 Å². The summed E-state index contributed by atoms with van der Waals surface area (Å²) in [6.45, 7) is 13.9. The number of esters is 1. The van der Waals surface area contributed by atoms with Gasteiger partial charge < -0.3 is 30.6 Å². The number of primary amides is 1. The number of carbonyl (C=O) groups is 3. The summed E-state index contributed by atoms with van der Waals surface area (Å²) in [6, 6.07) is 9.80. The number of nitrogens with two attached hydrogens (primary N) is 2. The first-order valence-corrected chi connectivity index (χ1v) is 16.9. The Balaban J connectivity index is 0.00000262. The number of likely N-dealkylation sites (N-methyl/N-ethyl adjacent to an activating group) is 1. The summed E-state index contributed by atoms with van der Waals surface area (Å²) in [4.78, 5) is 39.4. The third-order valence-electron chi connectivity index (χ3n) is 8.58. The molecule has 0 spiro atoms. The predicted molar refractivity (Wildman–Crippen MR) is 190 cm³/mol. The summed E-state index contributed by atoms with van der Waals surface area (Å²) in [7, 11) is 10.4. The van der Waals surface area contributed by atoms with Gasteiger partial charge >= 0.3 is 5.97 Å². The van der Waals surface area contributed by atoms with Crippen LogP contribution in [0.4, 0.5) is 0 Å². The van der Waals surface area contributed by atoms with Crippen molar-refractivity contribution in [2.75, 3.05) is 41.5 Å². The maximum atomic E-state index is 13.8. The zero-order chi connectivity index (χ0) is 35.4. The number of ether oxygens (including phenoxy) is 3. The van der Waals surface area contributed by atoms with Gasteiger partial charge in [0.15, 0.2) is 0 Å². The molecule has 46 heavy (non-hydrogen) atoms. The number of methoxy groups -OCH3 is 3. The smallest absolute Gasteiger partial charge is 0.309 e. The Morgan fingerprint density at radius 1 is 1.09 bits per heavy atom. The molecule has 264 valence electrons. The molecule has 6 unspecified atom stereocenters. The van der Waals surface area contributed by atoms with Gasteiger partial charge in [0.2, 0.25) is 12.3 Å². The Bertz CT molecular complexity index is 1010. The molecule has 0 aliphatic carbocycles. The van der Waals surface area contributed by atoms with Crippen LogP contribution in [0, 0.1) is 23.7 Å². The molecule has 2 rings (SSSR count). The zero-order valence-electron chi connectivity index (χ0n) is 30.0. The van der Waals surface area contributed by atoms with E-state index in [2.05, 4.69) is 54.1 Å². The SMILES string of the molecule is CC(C)C.CCC(C)[C@@H](C(CC(=O)N1CCCC1C(OC)C(C)C(Cc1ccccc1)C(=O)OC)OC)N(C)C(=P)CN.NC=O. The van der Waals surface area contributed by atoms with E-state index in [1.165, 1.54) is 7.11 Å². The standard InChI is InChI=1S/C30H50N3O5P.C4H10.CH3NO/c1-8-20(2)28(32(4)27(39)19-31)25(36-5)18-26(34)33-16-12-15-24(33)29(37-6)21(3)23(30(35)38-7)17-22-13-10-9-11-14-22;1-4(2)3;2-1-3/h9-11,13-14,20-21,23-25,28-29,39H,8,12,15-19,31H2,1-7H3;4H,1-3H3;1H,(H2,2,3)/t20?,21?,23?,24?,25?,28-,29?;;/m0../s1. The minimum Gasteiger partial charge on any atom is -0.469 e. The Hall–Kier alpha value is -2.36. The van der Waals surface area contributed by atoms with Gasteiger partial charge in [-0.1, -0.05) is 78.3 Å². The summed E-state index contributed by atoms with van der Waals surface area (Å²) < 4.78 is 17.2. The van der Waals surface area contributed by atoms with Gasteiger partial charge in [0.25, 0.3) is 0 Å². The lowest BCUT2D eigenvalue weighted by Gasteiger charge is -2.40. The Morgan fingerprint density at radius 2 is 1.65 bits per heavy atom. The normalized spacial score (nSPS) is 18.2. The van der Waals surface area contributed by atoms with E-state index in [4.69, 9.17) is 24.7 Å². The second-order valence-electron chi connectivity index (χ2n) is 12.7. The molecule has 1 aromatic rings. The number of hydrogen-bond donors (Lipinski definition) is 2. The van der Waals surface area contributed by atoms with E-state index in [0.29, 0.717) is 19.5 Å². The van der Waals surface area contributed by atoms with Crippen LogP contribution in [0.3, 0.4) is 0 Å². The first-order valence-electron chi connectivity index (χ1n) is 16.4. The minimum absolute atomic E-state index is 0.0206. The van der Waals surface area contributed by atoms with Crippen LogP contribution in [0.15, 0.2) is 30.3 Å². The lowest BCUT2D eigenvalue weighted by atomic mass is 9.81. The van der Waals surface area contributed by atoms with Crippen molar-refractivity contribution in [3.63, 3.8) is 0 Å². The van der Waals surface area contributed by atoms with Crippen LogP contribution in [-0.4, -0.2) is 99.3 Å². The maximum Gasteiger partial charge on any atom is 0.309 e. The summed E-state index contributed by atoms with van der Waals surface area (Å²) in [5, 5.41) is 0. The highest BCUT2D eigenvalue weighted by Gasteiger charge is 2.43. The van der Waals surface area contributed by atoms with Crippen LogP contribution in [-0.2, 0) is 35.0 Å². The van der Waals surface area contributed by atoms with Crippen LogP contribution in [0.1, 0.15) is 72.8 Å². The third-order valence-corrected chi connectivity index (χ3v) is 9.14. The van der Waals surface area contributed by atoms with Crippen molar-refractivity contribution in [3.05, 3.63) is 35.9 Å². The number of hydrogen-bond acceptors (Lipinski definition) is 7. The van der Waals surface area contributed by atoms with Crippen molar-refractivity contribution in [2.24, 2.45) is 35.1 Å². The molecular formula is C35H63N4O6P. The summed E-state index contributed by atoms with van der Waals surface area (Å²) in [5.74, 6) is 0.351. The van der Waals surface area contributed by atoms with Gasteiger partial charge in [-0.05, 0) is 49.6 Å². The number of nitrogens with zero attached hydrogens (tertiary/aromatic N) is 2. The fraction of sp³-hybridized carbons (Fsp3) is 0.714. The largest absolute Gasteiger partial charge is 0.469 e. The maximum absolute atomic E-state index is 13.8. The molecule has 10 nitrogen and oxygen atoms in total. The van der Waals surface area contributed by atoms with Crippen LogP contribution in [0.2, 0.25) is 0 Å². The number of rotatable bonds is 16. The van der Waals surface area contributed by atoms with Gasteiger partial charge in [0.1, 0.15) is 0 Å². The molecule has 1 saturated heterocycles. The molecule has 4 N–H and O–H groups in total.